The minimum Gasteiger partial charge on any atom is -0.478 e. The number of hydrogen-bond donors (Lipinski definition) is 2. The van der Waals surface area contributed by atoms with Crippen molar-refractivity contribution in [3.63, 3.8) is 0 Å². The molecule has 0 saturated heterocycles. The number of carboxylic acids is 1. The van der Waals surface area contributed by atoms with Gasteiger partial charge in [0.05, 0.1) is 0 Å². The zero-order valence-corrected chi connectivity index (χ0v) is 8.99. The van der Waals surface area contributed by atoms with Crippen LogP contribution in [-0.2, 0) is 4.79 Å². The number of carboxylic acid groups (broad SMARTS) is 1. The molecule has 0 fully saturated rings. The van der Waals surface area contributed by atoms with Crippen molar-refractivity contribution in [2.24, 2.45) is 0 Å². The van der Waals surface area contributed by atoms with Gasteiger partial charge in [-0.05, 0) is 31.9 Å². The topological polar surface area (TPSA) is 49.3 Å². The van der Waals surface area contributed by atoms with Gasteiger partial charge >= 0.3 is 5.97 Å². The number of hydrogen-bond acceptors (Lipinski definition) is 3. The maximum Gasteiger partial charge on any atom is 0.330 e. The first-order valence-electron chi connectivity index (χ1n) is 4.28. The molecular formula is C9H17NO2S. The first-order chi connectivity index (χ1) is 6.18. The van der Waals surface area contributed by atoms with E-state index in [0.29, 0.717) is 12.1 Å². The predicted molar refractivity (Wildman–Crippen MR) is 57.3 cm³/mol. The van der Waals surface area contributed by atoms with E-state index >= 15 is 0 Å². The number of thioether (sulfide) groups is 1. The van der Waals surface area contributed by atoms with E-state index in [0.717, 1.165) is 18.7 Å². The highest BCUT2D eigenvalue weighted by molar-refractivity contribution is 7.98. The second-order valence-electron chi connectivity index (χ2n) is 2.74. The second-order valence-corrected chi connectivity index (χ2v) is 3.73. The van der Waals surface area contributed by atoms with E-state index in [1.54, 1.807) is 13.0 Å². The van der Waals surface area contributed by atoms with Crippen molar-refractivity contribution in [2.75, 3.05) is 25.1 Å². The molecule has 0 bridgehead atoms. The van der Waals surface area contributed by atoms with E-state index in [1.165, 1.54) is 0 Å². The Balaban J connectivity index is 3.34. The SMILES string of the molecule is CSCCCNC/C=C(/C)C(=O)O. The lowest BCUT2D eigenvalue weighted by molar-refractivity contribution is -0.132. The fraction of sp³-hybridized carbons (Fsp3) is 0.667. The molecule has 0 aliphatic rings. The van der Waals surface area contributed by atoms with Gasteiger partial charge in [0.15, 0.2) is 0 Å². The largest absolute Gasteiger partial charge is 0.478 e. The molecule has 13 heavy (non-hydrogen) atoms. The van der Waals surface area contributed by atoms with Crippen LogP contribution in [0.2, 0.25) is 0 Å². The van der Waals surface area contributed by atoms with Gasteiger partial charge in [-0.25, -0.2) is 4.79 Å². The average molecular weight is 203 g/mol. The van der Waals surface area contributed by atoms with Crippen molar-refractivity contribution in [2.45, 2.75) is 13.3 Å². The van der Waals surface area contributed by atoms with Crippen molar-refractivity contribution in [3.8, 4) is 0 Å². The van der Waals surface area contributed by atoms with E-state index in [2.05, 4.69) is 11.6 Å². The molecule has 0 saturated carbocycles. The van der Waals surface area contributed by atoms with Gasteiger partial charge in [-0.3, -0.25) is 0 Å². The lowest BCUT2D eigenvalue weighted by atomic mass is 10.3. The van der Waals surface area contributed by atoms with Gasteiger partial charge in [0.1, 0.15) is 0 Å². The molecule has 0 aromatic rings. The standard InChI is InChI=1S/C9H17NO2S/c1-8(9(11)12)4-6-10-5-3-7-13-2/h4,10H,3,5-7H2,1-2H3,(H,11,12)/b8-4-. The Morgan fingerprint density at radius 1 is 1.62 bits per heavy atom. The molecule has 76 valence electrons. The maximum atomic E-state index is 10.4. The van der Waals surface area contributed by atoms with Crippen LogP contribution in [0.15, 0.2) is 11.6 Å². The summed E-state index contributed by atoms with van der Waals surface area (Å²) in [6, 6.07) is 0. The number of aliphatic carboxylic acids is 1. The fourth-order valence-corrected chi connectivity index (χ4v) is 1.19. The van der Waals surface area contributed by atoms with Crippen LogP contribution in [0.1, 0.15) is 13.3 Å². The lowest BCUT2D eigenvalue weighted by Gasteiger charge is -2.00. The molecule has 0 aliphatic carbocycles. The van der Waals surface area contributed by atoms with E-state index in [9.17, 15) is 4.79 Å². The summed E-state index contributed by atoms with van der Waals surface area (Å²) in [4.78, 5) is 10.4. The molecule has 0 aromatic heterocycles. The van der Waals surface area contributed by atoms with Crippen molar-refractivity contribution < 1.29 is 9.90 Å². The summed E-state index contributed by atoms with van der Waals surface area (Å²) in [5, 5.41) is 11.7. The normalized spacial score (nSPS) is 11.7. The highest BCUT2D eigenvalue weighted by Gasteiger charge is 1.96. The molecule has 3 nitrogen and oxygen atoms in total. The zero-order chi connectivity index (χ0) is 10.1. The highest BCUT2D eigenvalue weighted by atomic mass is 32.2. The third-order valence-electron chi connectivity index (χ3n) is 1.59. The van der Waals surface area contributed by atoms with Crippen molar-refractivity contribution >= 4 is 17.7 Å². The Labute approximate surface area is 83.6 Å². The van der Waals surface area contributed by atoms with Crippen LogP contribution in [0.5, 0.6) is 0 Å². The summed E-state index contributed by atoms with van der Waals surface area (Å²) in [5.41, 5.74) is 0.400. The Morgan fingerprint density at radius 2 is 2.31 bits per heavy atom. The van der Waals surface area contributed by atoms with Crippen LogP contribution in [0, 0.1) is 0 Å². The third kappa shape index (κ3) is 7.87. The van der Waals surface area contributed by atoms with E-state index in [-0.39, 0.29) is 0 Å². The van der Waals surface area contributed by atoms with Crippen LogP contribution < -0.4 is 5.32 Å². The van der Waals surface area contributed by atoms with Crippen LogP contribution in [0.25, 0.3) is 0 Å². The van der Waals surface area contributed by atoms with Crippen LogP contribution in [-0.4, -0.2) is 36.2 Å². The number of carbonyl (C=O) groups is 1. The van der Waals surface area contributed by atoms with Gasteiger partial charge in [-0.2, -0.15) is 11.8 Å². The third-order valence-corrected chi connectivity index (χ3v) is 2.29. The molecule has 0 radical (unpaired) electrons. The van der Waals surface area contributed by atoms with Gasteiger partial charge in [0.2, 0.25) is 0 Å². The molecule has 2 N–H and O–H groups in total. The van der Waals surface area contributed by atoms with E-state index in [1.807, 2.05) is 11.8 Å². The molecule has 0 heterocycles. The van der Waals surface area contributed by atoms with Crippen LogP contribution in [0.3, 0.4) is 0 Å². The van der Waals surface area contributed by atoms with Gasteiger partial charge in [0.25, 0.3) is 0 Å². The first-order valence-corrected chi connectivity index (χ1v) is 5.67. The Kier molecular flexibility index (Phi) is 7.83. The maximum absolute atomic E-state index is 10.4. The van der Waals surface area contributed by atoms with Crippen LogP contribution in [0.4, 0.5) is 0 Å². The minimum absolute atomic E-state index is 0.400. The molecule has 0 spiro atoms. The summed E-state index contributed by atoms with van der Waals surface area (Å²) >= 11 is 1.82. The summed E-state index contributed by atoms with van der Waals surface area (Å²) in [6.07, 6.45) is 4.90. The Morgan fingerprint density at radius 3 is 2.85 bits per heavy atom. The van der Waals surface area contributed by atoms with Crippen molar-refractivity contribution in [1.29, 1.82) is 0 Å². The van der Waals surface area contributed by atoms with Gasteiger partial charge in [0, 0.05) is 12.1 Å². The van der Waals surface area contributed by atoms with Crippen molar-refractivity contribution in [3.05, 3.63) is 11.6 Å². The molecule has 0 atom stereocenters. The summed E-state index contributed by atoms with van der Waals surface area (Å²) in [5.74, 6) is 0.306. The Hall–Kier alpha value is -0.480. The minimum atomic E-state index is -0.842. The lowest BCUT2D eigenvalue weighted by Crippen LogP contribution is -2.16. The molecule has 0 aliphatic heterocycles. The first kappa shape index (κ1) is 12.5. The fourth-order valence-electron chi connectivity index (χ4n) is 0.756. The van der Waals surface area contributed by atoms with E-state index < -0.39 is 5.97 Å². The average Bonchev–Trinajstić information content (AvgIpc) is 2.10. The summed E-state index contributed by atoms with van der Waals surface area (Å²) in [7, 11) is 0. The Bertz CT molecular complexity index is 180. The molecule has 0 aromatic carbocycles. The quantitative estimate of drug-likeness (QED) is 0.484. The number of rotatable bonds is 7. The summed E-state index contributed by atoms with van der Waals surface area (Å²) in [6.45, 7) is 3.20. The van der Waals surface area contributed by atoms with Gasteiger partial charge in [-0.15, -0.1) is 0 Å². The second kappa shape index (κ2) is 8.13. The smallest absolute Gasteiger partial charge is 0.330 e. The zero-order valence-electron chi connectivity index (χ0n) is 8.17. The monoisotopic (exact) mass is 203 g/mol. The molecule has 0 amide bonds. The molecular weight excluding hydrogens is 186 g/mol. The predicted octanol–water partition coefficient (Wildman–Crippen LogP) is 1.36. The van der Waals surface area contributed by atoms with Gasteiger partial charge < -0.3 is 10.4 Å². The molecule has 0 unspecified atom stereocenters. The molecule has 4 heteroatoms. The van der Waals surface area contributed by atoms with E-state index in [4.69, 9.17) is 5.11 Å². The number of nitrogens with one attached hydrogen (secondary N) is 1. The van der Waals surface area contributed by atoms with Crippen LogP contribution >= 0.6 is 11.8 Å². The summed E-state index contributed by atoms with van der Waals surface area (Å²) < 4.78 is 0. The molecule has 0 rings (SSSR count). The highest BCUT2D eigenvalue weighted by Crippen LogP contribution is 1.93. The van der Waals surface area contributed by atoms with Gasteiger partial charge in [-0.1, -0.05) is 6.08 Å². The van der Waals surface area contributed by atoms with Crippen molar-refractivity contribution in [1.82, 2.24) is 5.32 Å².